The minimum atomic E-state index is -0.675. The van der Waals surface area contributed by atoms with Crippen LogP contribution in [-0.2, 0) is 6.42 Å². The second kappa shape index (κ2) is 5.85. The van der Waals surface area contributed by atoms with Crippen molar-refractivity contribution in [3.63, 3.8) is 0 Å². The van der Waals surface area contributed by atoms with Crippen LogP contribution in [0, 0.1) is 5.82 Å². The lowest BCUT2D eigenvalue weighted by Crippen LogP contribution is -2.03. The van der Waals surface area contributed by atoms with E-state index in [0.29, 0.717) is 17.9 Å². The van der Waals surface area contributed by atoms with Gasteiger partial charge in [0, 0.05) is 16.5 Å². The standard InChI is InChI=1S/C16H13BrClFO2/c1-20-13-4-2-3-12(19)14(13)15(18)11-8-10(17)7-9-5-6-21-16(9)11/h2-4,7-8,15H,5-6H2,1H3. The third-order valence-corrected chi connectivity index (χ3v) is 4.45. The lowest BCUT2D eigenvalue weighted by molar-refractivity contribution is 0.353. The molecule has 0 saturated carbocycles. The third-order valence-electron chi connectivity index (χ3n) is 3.54. The molecule has 1 atom stereocenters. The highest BCUT2D eigenvalue weighted by Crippen LogP contribution is 2.44. The van der Waals surface area contributed by atoms with Gasteiger partial charge in [-0.1, -0.05) is 22.0 Å². The Labute approximate surface area is 136 Å². The molecule has 1 heterocycles. The zero-order valence-corrected chi connectivity index (χ0v) is 13.7. The molecule has 0 spiro atoms. The minimum Gasteiger partial charge on any atom is -0.496 e. The van der Waals surface area contributed by atoms with Gasteiger partial charge in [0.2, 0.25) is 0 Å². The molecule has 0 aromatic heterocycles. The third kappa shape index (κ3) is 2.62. The van der Waals surface area contributed by atoms with Gasteiger partial charge in [0.05, 0.1) is 24.7 Å². The van der Waals surface area contributed by atoms with Crippen molar-refractivity contribution in [1.29, 1.82) is 0 Å². The summed E-state index contributed by atoms with van der Waals surface area (Å²) in [6, 6.07) is 8.56. The van der Waals surface area contributed by atoms with E-state index in [4.69, 9.17) is 21.1 Å². The largest absolute Gasteiger partial charge is 0.496 e. The second-order valence-electron chi connectivity index (χ2n) is 4.80. The van der Waals surface area contributed by atoms with Crippen LogP contribution in [0.15, 0.2) is 34.8 Å². The van der Waals surface area contributed by atoms with Crippen LogP contribution in [0.5, 0.6) is 11.5 Å². The molecule has 0 fully saturated rings. The van der Waals surface area contributed by atoms with E-state index in [1.807, 2.05) is 12.1 Å². The molecule has 0 radical (unpaired) electrons. The van der Waals surface area contributed by atoms with Crippen LogP contribution in [0.2, 0.25) is 0 Å². The number of halogens is 3. The summed E-state index contributed by atoms with van der Waals surface area (Å²) in [6.45, 7) is 0.622. The first-order valence-corrected chi connectivity index (χ1v) is 7.76. The second-order valence-corrected chi connectivity index (χ2v) is 6.15. The molecule has 2 aromatic rings. The van der Waals surface area contributed by atoms with Gasteiger partial charge >= 0.3 is 0 Å². The fourth-order valence-corrected chi connectivity index (χ4v) is 3.48. The molecular formula is C16H13BrClFO2. The summed E-state index contributed by atoms with van der Waals surface area (Å²) >= 11 is 10.0. The van der Waals surface area contributed by atoms with E-state index in [-0.39, 0.29) is 5.82 Å². The van der Waals surface area contributed by atoms with Crippen molar-refractivity contribution < 1.29 is 13.9 Å². The highest BCUT2D eigenvalue weighted by atomic mass is 79.9. The van der Waals surface area contributed by atoms with Crippen LogP contribution >= 0.6 is 27.5 Å². The Kier molecular flexibility index (Phi) is 4.09. The van der Waals surface area contributed by atoms with Crippen molar-refractivity contribution in [2.24, 2.45) is 0 Å². The highest BCUT2D eigenvalue weighted by molar-refractivity contribution is 9.10. The van der Waals surface area contributed by atoms with Gasteiger partial charge in [-0.05, 0) is 29.8 Å². The average Bonchev–Trinajstić information content (AvgIpc) is 2.93. The van der Waals surface area contributed by atoms with E-state index < -0.39 is 5.38 Å². The lowest BCUT2D eigenvalue weighted by atomic mass is 9.99. The summed E-state index contributed by atoms with van der Waals surface area (Å²) in [5.41, 5.74) is 2.17. The van der Waals surface area contributed by atoms with Gasteiger partial charge in [0.25, 0.3) is 0 Å². The molecule has 0 bridgehead atoms. The number of hydrogen-bond acceptors (Lipinski definition) is 2. The van der Waals surface area contributed by atoms with Gasteiger partial charge < -0.3 is 9.47 Å². The number of alkyl halides is 1. The van der Waals surface area contributed by atoms with Gasteiger partial charge in [0.15, 0.2) is 0 Å². The van der Waals surface area contributed by atoms with Gasteiger partial charge in [-0.2, -0.15) is 0 Å². The van der Waals surface area contributed by atoms with Gasteiger partial charge in [-0.3, -0.25) is 0 Å². The lowest BCUT2D eigenvalue weighted by Gasteiger charge is -2.18. The maximum Gasteiger partial charge on any atom is 0.131 e. The summed E-state index contributed by atoms with van der Waals surface area (Å²) in [7, 11) is 1.50. The molecule has 21 heavy (non-hydrogen) atoms. The Hall–Kier alpha value is -1.26. The van der Waals surface area contributed by atoms with Crippen LogP contribution < -0.4 is 9.47 Å². The van der Waals surface area contributed by atoms with Crippen molar-refractivity contribution in [2.45, 2.75) is 11.8 Å². The van der Waals surface area contributed by atoms with Crippen molar-refractivity contribution >= 4 is 27.5 Å². The normalized spacial score (nSPS) is 14.5. The number of benzene rings is 2. The van der Waals surface area contributed by atoms with Crippen LogP contribution in [0.4, 0.5) is 4.39 Å². The Morgan fingerprint density at radius 1 is 1.38 bits per heavy atom. The molecule has 1 unspecified atom stereocenters. The summed E-state index contributed by atoms with van der Waals surface area (Å²) in [5.74, 6) is 0.798. The molecule has 1 aliphatic rings. The predicted molar refractivity (Wildman–Crippen MR) is 84.0 cm³/mol. The Bertz CT molecular complexity index is 690. The molecule has 0 saturated heterocycles. The van der Waals surface area contributed by atoms with Crippen LogP contribution in [-0.4, -0.2) is 13.7 Å². The first kappa shape index (κ1) is 14.7. The first-order chi connectivity index (χ1) is 10.1. The highest BCUT2D eigenvalue weighted by Gasteiger charge is 2.27. The summed E-state index contributed by atoms with van der Waals surface area (Å²) < 4.78 is 26.0. The molecule has 1 aliphatic heterocycles. The Morgan fingerprint density at radius 2 is 2.19 bits per heavy atom. The molecule has 0 N–H and O–H groups in total. The van der Waals surface area contributed by atoms with Gasteiger partial charge in [0.1, 0.15) is 17.3 Å². The first-order valence-electron chi connectivity index (χ1n) is 6.53. The number of hydrogen-bond donors (Lipinski definition) is 0. The summed E-state index contributed by atoms with van der Waals surface area (Å²) in [5, 5.41) is -0.675. The topological polar surface area (TPSA) is 18.5 Å². The maximum absolute atomic E-state index is 14.2. The maximum atomic E-state index is 14.2. The molecule has 0 amide bonds. The number of methoxy groups -OCH3 is 1. The molecule has 3 rings (SSSR count). The van der Waals surface area contributed by atoms with E-state index in [2.05, 4.69) is 15.9 Å². The fourth-order valence-electron chi connectivity index (χ4n) is 2.58. The quantitative estimate of drug-likeness (QED) is 0.717. The molecular weight excluding hydrogens is 359 g/mol. The van der Waals surface area contributed by atoms with E-state index in [1.165, 1.54) is 13.2 Å². The van der Waals surface area contributed by atoms with Crippen molar-refractivity contribution in [3.8, 4) is 11.5 Å². The van der Waals surface area contributed by atoms with Crippen LogP contribution in [0.3, 0.4) is 0 Å². The molecule has 5 heteroatoms. The fraction of sp³-hybridized carbons (Fsp3) is 0.250. The Morgan fingerprint density at radius 3 is 2.95 bits per heavy atom. The summed E-state index contributed by atoms with van der Waals surface area (Å²) in [4.78, 5) is 0. The van der Waals surface area contributed by atoms with Crippen molar-refractivity contribution in [3.05, 3.63) is 57.3 Å². The van der Waals surface area contributed by atoms with E-state index in [0.717, 1.165) is 27.8 Å². The number of rotatable bonds is 3. The minimum absolute atomic E-state index is 0.331. The van der Waals surface area contributed by atoms with Crippen molar-refractivity contribution in [2.75, 3.05) is 13.7 Å². The monoisotopic (exact) mass is 370 g/mol. The smallest absolute Gasteiger partial charge is 0.131 e. The van der Waals surface area contributed by atoms with Crippen LogP contribution in [0.1, 0.15) is 22.1 Å². The van der Waals surface area contributed by atoms with Gasteiger partial charge in [-0.25, -0.2) is 4.39 Å². The van der Waals surface area contributed by atoms with Crippen LogP contribution in [0.25, 0.3) is 0 Å². The van der Waals surface area contributed by atoms with Gasteiger partial charge in [-0.15, -0.1) is 11.6 Å². The van der Waals surface area contributed by atoms with Crippen molar-refractivity contribution in [1.82, 2.24) is 0 Å². The number of fused-ring (bicyclic) bond motifs is 1. The average molecular weight is 372 g/mol. The SMILES string of the molecule is COc1cccc(F)c1C(Cl)c1cc(Br)cc2c1OCC2. The van der Waals surface area contributed by atoms with E-state index in [1.54, 1.807) is 12.1 Å². The summed E-state index contributed by atoms with van der Waals surface area (Å²) in [6.07, 6.45) is 0.833. The zero-order valence-electron chi connectivity index (χ0n) is 11.3. The molecule has 110 valence electrons. The van der Waals surface area contributed by atoms with E-state index in [9.17, 15) is 4.39 Å². The molecule has 0 aliphatic carbocycles. The molecule has 2 aromatic carbocycles. The Balaban J connectivity index is 2.14. The van der Waals surface area contributed by atoms with E-state index >= 15 is 0 Å². The zero-order chi connectivity index (χ0) is 15.0. The predicted octanol–water partition coefficient (Wildman–Crippen LogP) is 4.86. The molecule has 2 nitrogen and oxygen atoms in total. The number of ether oxygens (including phenoxy) is 2.